The molecule has 2 aromatic rings. The highest BCUT2D eigenvalue weighted by Gasteiger charge is 2.25. The van der Waals surface area contributed by atoms with Gasteiger partial charge in [-0.25, -0.2) is 4.98 Å². The number of aromatic nitrogens is 1. The molecule has 0 radical (unpaired) electrons. The van der Waals surface area contributed by atoms with Crippen LogP contribution in [0.1, 0.15) is 32.8 Å². The Morgan fingerprint density at radius 1 is 1.36 bits per heavy atom. The summed E-state index contributed by atoms with van der Waals surface area (Å²) in [5.74, 6) is 0.923. The lowest BCUT2D eigenvalue weighted by atomic mass is 10.0. The van der Waals surface area contributed by atoms with Crippen molar-refractivity contribution in [3.05, 3.63) is 51.0 Å². The van der Waals surface area contributed by atoms with Gasteiger partial charge in [0.1, 0.15) is 6.10 Å². The smallest absolute Gasteiger partial charge is 0.194 e. The summed E-state index contributed by atoms with van der Waals surface area (Å²) < 4.78 is 6.02. The van der Waals surface area contributed by atoms with E-state index in [1.807, 2.05) is 14.0 Å². The number of nitrogens with one attached hydrogen (secondary N) is 1. The maximum Gasteiger partial charge on any atom is 0.194 e. The van der Waals surface area contributed by atoms with Gasteiger partial charge in [-0.05, 0) is 31.9 Å². The third-order valence-electron chi connectivity index (χ3n) is 4.52. The van der Waals surface area contributed by atoms with Gasteiger partial charge in [-0.15, -0.1) is 11.3 Å². The third-order valence-corrected chi connectivity index (χ3v) is 5.59. The summed E-state index contributed by atoms with van der Waals surface area (Å²) in [6, 6.07) is 8.44. The van der Waals surface area contributed by atoms with Crippen LogP contribution in [0.4, 0.5) is 0 Å². The van der Waals surface area contributed by atoms with Gasteiger partial charge in [0, 0.05) is 18.5 Å². The Kier molecular flexibility index (Phi) is 5.71. The Bertz CT molecular complexity index is 756. The van der Waals surface area contributed by atoms with Crippen molar-refractivity contribution in [2.45, 2.75) is 33.4 Å². The minimum atomic E-state index is 0.0842. The second-order valence-corrected chi connectivity index (χ2v) is 7.59. The summed E-state index contributed by atoms with van der Waals surface area (Å²) in [5.41, 5.74) is 3.63. The molecule has 1 N–H and O–H groups in total. The van der Waals surface area contributed by atoms with Crippen molar-refractivity contribution < 1.29 is 4.74 Å². The molecule has 1 unspecified atom stereocenters. The van der Waals surface area contributed by atoms with Crippen molar-refractivity contribution in [2.24, 2.45) is 4.99 Å². The number of hydrogen-bond acceptors (Lipinski definition) is 4. The number of aryl methyl sites for hydroxylation is 3. The molecule has 1 saturated heterocycles. The van der Waals surface area contributed by atoms with E-state index in [-0.39, 0.29) is 6.10 Å². The predicted molar refractivity (Wildman–Crippen MR) is 103 cm³/mol. The number of rotatable bonds is 3. The van der Waals surface area contributed by atoms with Gasteiger partial charge in [-0.2, -0.15) is 0 Å². The highest BCUT2D eigenvalue weighted by atomic mass is 32.1. The van der Waals surface area contributed by atoms with Crippen LogP contribution in [0.2, 0.25) is 0 Å². The van der Waals surface area contributed by atoms with Crippen LogP contribution >= 0.6 is 11.3 Å². The number of benzene rings is 1. The lowest BCUT2D eigenvalue weighted by Crippen LogP contribution is -2.48. The van der Waals surface area contributed by atoms with Crippen molar-refractivity contribution in [1.29, 1.82) is 0 Å². The normalized spacial score (nSPS) is 18.5. The lowest BCUT2D eigenvalue weighted by Gasteiger charge is -2.35. The van der Waals surface area contributed by atoms with E-state index in [1.54, 1.807) is 11.3 Å². The predicted octanol–water partition coefficient (Wildman–Crippen LogP) is 3.22. The summed E-state index contributed by atoms with van der Waals surface area (Å²) >= 11 is 1.74. The van der Waals surface area contributed by atoms with Crippen LogP contribution in [0.25, 0.3) is 0 Å². The van der Waals surface area contributed by atoms with Crippen LogP contribution in [0.3, 0.4) is 0 Å². The molecular weight excluding hydrogens is 332 g/mol. The molecular formula is C19H26N4OS. The van der Waals surface area contributed by atoms with E-state index in [9.17, 15) is 0 Å². The molecule has 1 aromatic carbocycles. The third kappa shape index (κ3) is 4.19. The van der Waals surface area contributed by atoms with Gasteiger partial charge in [0.05, 0.1) is 30.4 Å². The van der Waals surface area contributed by atoms with Crippen LogP contribution in [-0.2, 0) is 11.3 Å². The Labute approximate surface area is 153 Å². The summed E-state index contributed by atoms with van der Waals surface area (Å²) in [6.07, 6.45) is 0.0842. The quantitative estimate of drug-likeness (QED) is 0.676. The molecule has 0 spiro atoms. The number of nitrogens with zero attached hydrogens (tertiary/aromatic N) is 3. The van der Waals surface area contributed by atoms with E-state index < -0.39 is 0 Å². The molecule has 1 fully saturated rings. The molecule has 2 heterocycles. The summed E-state index contributed by atoms with van der Waals surface area (Å²) in [6.45, 7) is 9.37. The molecule has 1 aliphatic rings. The number of ether oxygens (including phenoxy) is 1. The molecule has 1 atom stereocenters. The highest BCUT2D eigenvalue weighted by molar-refractivity contribution is 7.11. The molecule has 1 aliphatic heterocycles. The number of aliphatic imine (C=N–C) groups is 1. The van der Waals surface area contributed by atoms with E-state index in [0.717, 1.165) is 36.3 Å². The molecule has 3 rings (SSSR count). The van der Waals surface area contributed by atoms with Gasteiger partial charge < -0.3 is 15.0 Å². The van der Waals surface area contributed by atoms with Crippen molar-refractivity contribution in [2.75, 3.05) is 26.7 Å². The van der Waals surface area contributed by atoms with Crippen molar-refractivity contribution in [1.82, 2.24) is 15.2 Å². The average molecular weight is 359 g/mol. The fourth-order valence-electron chi connectivity index (χ4n) is 3.21. The molecule has 5 nitrogen and oxygen atoms in total. The summed E-state index contributed by atoms with van der Waals surface area (Å²) in [7, 11) is 1.84. The van der Waals surface area contributed by atoms with Crippen LogP contribution < -0.4 is 5.32 Å². The first-order valence-corrected chi connectivity index (χ1v) is 9.45. The van der Waals surface area contributed by atoms with Crippen molar-refractivity contribution >= 4 is 17.3 Å². The first-order chi connectivity index (χ1) is 12.1. The monoisotopic (exact) mass is 358 g/mol. The molecule has 0 aliphatic carbocycles. The van der Waals surface area contributed by atoms with E-state index in [4.69, 9.17) is 4.74 Å². The van der Waals surface area contributed by atoms with E-state index in [2.05, 4.69) is 58.3 Å². The number of morpholine rings is 1. The van der Waals surface area contributed by atoms with Gasteiger partial charge in [0.2, 0.25) is 0 Å². The van der Waals surface area contributed by atoms with Crippen molar-refractivity contribution in [3.8, 4) is 0 Å². The number of thiazole rings is 1. The first kappa shape index (κ1) is 17.9. The van der Waals surface area contributed by atoms with E-state index >= 15 is 0 Å². The van der Waals surface area contributed by atoms with Gasteiger partial charge in [0.15, 0.2) is 5.96 Å². The minimum absolute atomic E-state index is 0.0842. The van der Waals surface area contributed by atoms with Crippen LogP contribution in [0, 0.1) is 20.8 Å². The van der Waals surface area contributed by atoms with Crippen molar-refractivity contribution in [3.63, 3.8) is 0 Å². The van der Waals surface area contributed by atoms with Crippen LogP contribution in [-0.4, -0.2) is 42.6 Å². The van der Waals surface area contributed by atoms with Crippen LogP contribution in [0.15, 0.2) is 29.3 Å². The standard InChI is InChI=1S/C19H26N4OS/c1-13-7-5-6-8-16(13)17-12-23(9-10-24-17)19(20-4)21-11-18-14(2)22-15(3)25-18/h5-8,17H,9-12H2,1-4H3,(H,20,21). The fourth-order valence-corrected chi connectivity index (χ4v) is 4.08. The van der Waals surface area contributed by atoms with Crippen LogP contribution in [0.5, 0.6) is 0 Å². The lowest BCUT2D eigenvalue weighted by molar-refractivity contribution is -0.00833. The molecule has 134 valence electrons. The average Bonchev–Trinajstić information content (AvgIpc) is 2.93. The largest absolute Gasteiger partial charge is 0.370 e. The second-order valence-electron chi connectivity index (χ2n) is 6.30. The fraction of sp³-hybridized carbons (Fsp3) is 0.474. The zero-order chi connectivity index (χ0) is 17.8. The Morgan fingerprint density at radius 3 is 2.84 bits per heavy atom. The molecule has 25 heavy (non-hydrogen) atoms. The zero-order valence-electron chi connectivity index (χ0n) is 15.4. The SMILES string of the molecule is CN=C(NCc1sc(C)nc1C)N1CCOC(c2ccccc2C)C1. The molecule has 0 saturated carbocycles. The second kappa shape index (κ2) is 7.97. The molecule has 0 bridgehead atoms. The zero-order valence-corrected chi connectivity index (χ0v) is 16.2. The first-order valence-electron chi connectivity index (χ1n) is 8.64. The Morgan fingerprint density at radius 2 is 2.16 bits per heavy atom. The Hall–Kier alpha value is -1.92. The van der Waals surface area contributed by atoms with Gasteiger partial charge >= 0.3 is 0 Å². The Balaban J connectivity index is 1.67. The summed E-state index contributed by atoms with van der Waals surface area (Å²) in [5, 5.41) is 4.59. The van der Waals surface area contributed by atoms with Gasteiger partial charge in [-0.3, -0.25) is 4.99 Å². The topological polar surface area (TPSA) is 49.8 Å². The van der Waals surface area contributed by atoms with Gasteiger partial charge in [0.25, 0.3) is 0 Å². The molecule has 1 aromatic heterocycles. The summed E-state index contributed by atoms with van der Waals surface area (Å²) in [4.78, 5) is 12.5. The maximum atomic E-state index is 6.02. The molecule has 0 amide bonds. The van der Waals surface area contributed by atoms with E-state index in [1.165, 1.54) is 16.0 Å². The minimum Gasteiger partial charge on any atom is -0.370 e. The molecule has 6 heteroatoms. The number of hydrogen-bond donors (Lipinski definition) is 1. The number of guanidine groups is 1. The van der Waals surface area contributed by atoms with Gasteiger partial charge in [-0.1, -0.05) is 24.3 Å². The maximum absolute atomic E-state index is 6.02. The highest BCUT2D eigenvalue weighted by Crippen LogP contribution is 2.25. The van der Waals surface area contributed by atoms with E-state index in [0.29, 0.717) is 6.61 Å².